The molecule has 5 nitrogen and oxygen atoms in total. The standard InChI is InChI=1S/C28H39N3O2/c1-3-25-27-26(22-10-7-11-24(18-22)33-19-20-8-5-4-6-9-20)30-28(31(27)17-16-29-25)21-12-14-23(32-2)15-13-21/h4-6,8-9,11,18,21,23,25,28-30H,3,7,10,12-17,19H2,1-2H3. The topological polar surface area (TPSA) is 45.8 Å². The van der Waals surface area contributed by atoms with Crippen molar-refractivity contribution in [1.82, 2.24) is 15.5 Å². The molecule has 0 radical (unpaired) electrons. The quantitative estimate of drug-likeness (QED) is 0.624. The molecule has 0 amide bonds. The molecule has 1 aromatic carbocycles. The molecule has 2 fully saturated rings. The van der Waals surface area contributed by atoms with Gasteiger partial charge >= 0.3 is 0 Å². The maximum Gasteiger partial charge on any atom is 0.116 e. The SMILES string of the molecule is CCC1NCCN2C1=C(C1=CC(OCc3ccccc3)=CCC1)NC2C1CCC(OC)CC1. The molecule has 2 N–H and O–H groups in total. The summed E-state index contributed by atoms with van der Waals surface area (Å²) in [6, 6.07) is 10.9. The summed E-state index contributed by atoms with van der Waals surface area (Å²) >= 11 is 0. The molecule has 0 aromatic heterocycles. The molecule has 0 spiro atoms. The van der Waals surface area contributed by atoms with Gasteiger partial charge in [-0.05, 0) is 74.2 Å². The minimum Gasteiger partial charge on any atom is -0.489 e. The van der Waals surface area contributed by atoms with E-state index in [1.165, 1.54) is 48.2 Å². The highest BCUT2D eigenvalue weighted by molar-refractivity contribution is 5.44. The lowest BCUT2D eigenvalue weighted by molar-refractivity contribution is 0.0352. The van der Waals surface area contributed by atoms with Crippen molar-refractivity contribution in [3.8, 4) is 0 Å². The van der Waals surface area contributed by atoms with Gasteiger partial charge in [-0.3, -0.25) is 0 Å². The van der Waals surface area contributed by atoms with Crippen LogP contribution in [0, 0.1) is 5.92 Å². The van der Waals surface area contributed by atoms with Gasteiger partial charge in [0.15, 0.2) is 0 Å². The summed E-state index contributed by atoms with van der Waals surface area (Å²) in [5.74, 6) is 1.68. The number of piperazine rings is 1. The molecule has 2 atom stereocenters. The van der Waals surface area contributed by atoms with Crippen molar-refractivity contribution in [3.05, 3.63) is 70.8 Å². The minimum atomic E-state index is 0.407. The molecule has 1 aromatic rings. The summed E-state index contributed by atoms with van der Waals surface area (Å²) < 4.78 is 11.8. The molecule has 2 aliphatic carbocycles. The van der Waals surface area contributed by atoms with E-state index in [2.05, 4.69) is 58.9 Å². The first-order valence-corrected chi connectivity index (χ1v) is 12.9. The van der Waals surface area contributed by atoms with Gasteiger partial charge in [0.25, 0.3) is 0 Å². The van der Waals surface area contributed by atoms with Crippen LogP contribution < -0.4 is 10.6 Å². The smallest absolute Gasteiger partial charge is 0.116 e. The first-order chi connectivity index (χ1) is 16.3. The Morgan fingerprint density at radius 3 is 2.67 bits per heavy atom. The largest absolute Gasteiger partial charge is 0.489 e. The van der Waals surface area contributed by atoms with E-state index in [1.54, 1.807) is 0 Å². The zero-order chi connectivity index (χ0) is 22.6. The predicted octanol–water partition coefficient (Wildman–Crippen LogP) is 4.84. The average molecular weight is 450 g/mol. The van der Waals surface area contributed by atoms with Crippen molar-refractivity contribution in [3.63, 3.8) is 0 Å². The third kappa shape index (κ3) is 4.85. The van der Waals surface area contributed by atoms with Crippen LogP contribution in [0.15, 0.2) is 65.2 Å². The minimum absolute atomic E-state index is 0.407. The molecular formula is C28H39N3O2. The van der Waals surface area contributed by atoms with Gasteiger partial charge in [-0.25, -0.2) is 0 Å². The van der Waals surface area contributed by atoms with Crippen LogP contribution in [-0.4, -0.2) is 43.4 Å². The van der Waals surface area contributed by atoms with E-state index in [4.69, 9.17) is 9.47 Å². The molecule has 4 aliphatic rings. The highest BCUT2D eigenvalue weighted by atomic mass is 16.5. The van der Waals surface area contributed by atoms with Crippen molar-refractivity contribution in [2.45, 2.75) is 76.8 Å². The third-order valence-corrected chi connectivity index (χ3v) is 7.82. The van der Waals surface area contributed by atoms with Crippen LogP contribution in [0.5, 0.6) is 0 Å². The normalized spacial score (nSPS) is 29.8. The first kappa shape index (κ1) is 22.5. The fourth-order valence-electron chi connectivity index (χ4n) is 6.00. The molecule has 2 aliphatic heterocycles. The zero-order valence-electron chi connectivity index (χ0n) is 20.2. The fraction of sp³-hybridized carbons (Fsp3) is 0.571. The van der Waals surface area contributed by atoms with Crippen molar-refractivity contribution >= 4 is 0 Å². The molecule has 2 heterocycles. The number of ether oxygens (including phenoxy) is 2. The van der Waals surface area contributed by atoms with Gasteiger partial charge in [0, 0.05) is 26.2 Å². The molecule has 33 heavy (non-hydrogen) atoms. The molecule has 5 heteroatoms. The van der Waals surface area contributed by atoms with Crippen molar-refractivity contribution < 1.29 is 9.47 Å². The van der Waals surface area contributed by atoms with Crippen molar-refractivity contribution in [1.29, 1.82) is 0 Å². The Kier molecular flexibility index (Phi) is 7.07. The van der Waals surface area contributed by atoms with E-state index in [0.717, 1.165) is 38.1 Å². The number of allylic oxidation sites excluding steroid dienone is 3. The number of rotatable bonds is 7. The van der Waals surface area contributed by atoms with E-state index >= 15 is 0 Å². The highest BCUT2D eigenvalue weighted by Crippen LogP contribution is 2.40. The van der Waals surface area contributed by atoms with Gasteiger partial charge in [0.1, 0.15) is 18.5 Å². The van der Waals surface area contributed by atoms with Crippen LogP contribution in [0.4, 0.5) is 0 Å². The van der Waals surface area contributed by atoms with Gasteiger partial charge in [0.05, 0.1) is 17.5 Å². The Bertz CT molecular complexity index is 899. The summed E-state index contributed by atoms with van der Waals surface area (Å²) in [5.41, 5.74) is 5.45. The van der Waals surface area contributed by atoms with Crippen LogP contribution in [0.2, 0.25) is 0 Å². The Hall–Kier alpha value is -2.24. The van der Waals surface area contributed by atoms with E-state index in [9.17, 15) is 0 Å². The predicted molar refractivity (Wildman–Crippen MR) is 132 cm³/mol. The summed E-state index contributed by atoms with van der Waals surface area (Å²) in [6.07, 6.45) is 13.4. The van der Waals surface area contributed by atoms with E-state index in [1.807, 2.05) is 13.2 Å². The number of nitrogens with one attached hydrogen (secondary N) is 2. The third-order valence-electron chi connectivity index (χ3n) is 7.82. The first-order valence-electron chi connectivity index (χ1n) is 12.9. The second-order valence-electron chi connectivity index (χ2n) is 9.82. The Balaban J connectivity index is 1.35. The average Bonchev–Trinajstić information content (AvgIpc) is 3.28. The monoisotopic (exact) mass is 449 g/mol. The summed E-state index contributed by atoms with van der Waals surface area (Å²) in [6.45, 7) is 5.06. The summed E-state index contributed by atoms with van der Waals surface area (Å²) in [7, 11) is 1.86. The van der Waals surface area contributed by atoms with Gasteiger partial charge < -0.3 is 25.0 Å². The lowest BCUT2D eigenvalue weighted by Gasteiger charge is -2.42. The number of benzene rings is 1. The second-order valence-corrected chi connectivity index (χ2v) is 9.82. The second kappa shape index (κ2) is 10.4. The fourth-order valence-corrected chi connectivity index (χ4v) is 6.00. The van der Waals surface area contributed by atoms with Crippen molar-refractivity contribution in [2.75, 3.05) is 20.2 Å². The van der Waals surface area contributed by atoms with Crippen LogP contribution in [0.1, 0.15) is 57.4 Å². The zero-order valence-corrected chi connectivity index (χ0v) is 20.2. The molecule has 5 rings (SSSR count). The number of hydrogen-bond acceptors (Lipinski definition) is 5. The van der Waals surface area contributed by atoms with Crippen LogP contribution in [-0.2, 0) is 16.1 Å². The number of methoxy groups -OCH3 is 1. The lowest BCUT2D eigenvalue weighted by Crippen LogP contribution is -2.53. The van der Waals surface area contributed by atoms with Crippen LogP contribution >= 0.6 is 0 Å². The summed E-state index contributed by atoms with van der Waals surface area (Å²) in [4.78, 5) is 2.70. The number of nitrogens with zero attached hydrogens (tertiary/aromatic N) is 1. The van der Waals surface area contributed by atoms with Crippen LogP contribution in [0.3, 0.4) is 0 Å². The van der Waals surface area contributed by atoms with Crippen LogP contribution in [0.25, 0.3) is 0 Å². The molecule has 0 bridgehead atoms. The molecule has 178 valence electrons. The van der Waals surface area contributed by atoms with Gasteiger partial charge in [0.2, 0.25) is 0 Å². The lowest BCUT2D eigenvalue weighted by atomic mass is 9.84. The number of hydrogen-bond donors (Lipinski definition) is 2. The molecular weight excluding hydrogens is 410 g/mol. The Morgan fingerprint density at radius 1 is 1.09 bits per heavy atom. The molecule has 1 saturated heterocycles. The van der Waals surface area contributed by atoms with E-state index in [0.29, 0.717) is 30.8 Å². The van der Waals surface area contributed by atoms with Gasteiger partial charge in [-0.15, -0.1) is 0 Å². The molecule has 2 unspecified atom stereocenters. The Labute approximate surface area is 198 Å². The van der Waals surface area contributed by atoms with E-state index in [-0.39, 0.29) is 0 Å². The van der Waals surface area contributed by atoms with E-state index < -0.39 is 0 Å². The van der Waals surface area contributed by atoms with Gasteiger partial charge in [-0.1, -0.05) is 37.3 Å². The maximum absolute atomic E-state index is 6.21. The summed E-state index contributed by atoms with van der Waals surface area (Å²) in [5, 5.41) is 7.81. The molecule has 1 saturated carbocycles. The number of fused-ring (bicyclic) bond motifs is 1. The highest BCUT2D eigenvalue weighted by Gasteiger charge is 2.42. The van der Waals surface area contributed by atoms with Crippen molar-refractivity contribution in [2.24, 2.45) is 5.92 Å². The maximum atomic E-state index is 6.21. The van der Waals surface area contributed by atoms with Gasteiger partial charge in [-0.2, -0.15) is 0 Å². The Morgan fingerprint density at radius 2 is 1.91 bits per heavy atom.